The van der Waals surface area contributed by atoms with Gasteiger partial charge in [0, 0.05) is 31.2 Å². The van der Waals surface area contributed by atoms with Crippen molar-refractivity contribution in [1.82, 2.24) is 4.90 Å². The van der Waals surface area contributed by atoms with Gasteiger partial charge in [-0.25, -0.2) is 0 Å². The van der Waals surface area contributed by atoms with Crippen molar-refractivity contribution < 1.29 is 0 Å². The summed E-state index contributed by atoms with van der Waals surface area (Å²) in [5, 5.41) is 7.08. The summed E-state index contributed by atoms with van der Waals surface area (Å²) < 4.78 is 0. The van der Waals surface area contributed by atoms with Crippen molar-refractivity contribution in [3.05, 3.63) is 169 Å². The highest BCUT2D eigenvalue weighted by molar-refractivity contribution is 7.77. The van der Waals surface area contributed by atoms with E-state index in [0.29, 0.717) is 11.6 Å². The van der Waals surface area contributed by atoms with Crippen molar-refractivity contribution in [3.8, 4) is 0 Å². The molecule has 0 saturated carbocycles. The van der Waals surface area contributed by atoms with Gasteiger partial charge in [-0.1, -0.05) is 158 Å². The Labute approximate surface area is 241 Å². The average molecular weight is 556 g/mol. The van der Waals surface area contributed by atoms with E-state index in [2.05, 4.69) is 157 Å². The van der Waals surface area contributed by atoms with E-state index in [-0.39, 0.29) is 0 Å². The second-order valence-corrected chi connectivity index (χ2v) is 15.1. The number of hydrogen-bond donors (Lipinski definition) is 0. The van der Waals surface area contributed by atoms with Crippen LogP contribution >= 0.6 is 15.8 Å². The first-order valence-electron chi connectivity index (χ1n) is 14.0. The Morgan fingerprint density at radius 1 is 0.550 bits per heavy atom. The van der Waals surface area contributed by atoms with Crippen LogP contribution in [0.1, 0.15) is 5.56 Å². The molecule has 5 aromatic rings. The van der Waals surface area contributed by atoms with Gasteiger partial charge in [-0.15, -0.1) is 0 Å². The first-order valence-corrected chi connectivity index (χ1v) is 16.8. The van der Waals surface area contributed by atoms with Crippen molar-refractivity contribution in [2.75, 3.05) is 13.1 Å². The summed E-state index contributed by atoms with van der Waals surface area (Å²) in [6, 6.07) is 55.5. The zero-order chi connectivity index (χ0) is 27.1. The zero-order valence-electron chi connectivity index (χ0n) is 22.8. The molecule has 0 radical (unpaired) electrons. The molecule has 40 heavy (non-hydrogen) atoms. The van der Waals surface area contributed by atoms with Crippen LogP contribution in [0.2, 0.25) is 0 Å². The van der Waals surface area contributed by atoms with Crippen LogP contribution in [-0.4, -0.2) is 23.6 Å². The Balaban J connectivity index is 1.43. The molecule has 5 aromatic carbocycles. The van der Waals surface area contributed by atoms with Gasteiger partial charge in [-0.05, 0) is 47.9 Å². The minimum Gasteiger partial charge on any atom is -0.298 e. The number of likely N-dealkylation sites (tertiary alicyclic amines) is 1. The SMILES string of the molecule is C=C([C@@H]1CN(Cc2ccccc2)C[C@H]1P(c1ccccc1)c1ccccc1)P(c1ccccc1)c1ccccc1. The van der Waals surface area contributed by atoms with E-state index in [9.17, 15) is 0 Å². The van der Waals surface area contributed by atoms with Gasteiger partial charge in [0.15, 0.2) is 0 Å². The van der Waals surface area contributed by atoms with Crippen LogP contribution < -0.4 is 21.2 Å². The number of nitrogens with zero attached hydrogens (tertiary/aromatic N) is 1. The summed E-state index contributed by atoms with van der Waals surface area (Å²) >= 11 is 0. The Kier molecular flexibility index (Phi) is 8.65. The molecule has 0 amide bonds. The summed E-state index contributed by atoms with van der Waals surface area (Å²) in [5.74, 6) is 0.391. The quantitative estimate of drug-likeness (QED) is 0.173. The van der Waals surface area contributed by atoms with Gasteiger partial charge in [-0.3, -0.25) is 4.90 Å². The highest BCUT2D eigenvalue weighted by atomic mass is 31.1. The lowest BCUT2D eigenvalue weighted by Gasteiger charge is -2.33. The number of rotatable bonds is 9. The molecule has 198 valence electrons. The third kappa shape index (κ3) is 6.04. The minimum atomic E-state index is -0.701. The maximum absolute atomic E-state index is 4.96. The lowest BCUT2D eigenvalue weighted by Crippen LogP contribution is -2.29. The zero-order valence-corrected chi connectivity index (χ0v) is 24.5. The van der Waals surface area contributed by atoms with Crippen molar-refractivity contribution in [3.63, 3.8) is 0 Å². The smallest absolute Gasteiger partial charge is 0.0234 e. The summed E-state index contributed by atoms with van der Waals surface area (Å²) in [4.78, 5) is 2.68. The fourth-order valence-electron chi connectivity index (χ4n) is 5.94. The van der Waals surface area contributed by atoms with Gasteiger partial charge in [0.1, 0.15) is 0 Å². The van der Waals surface area contributed by atoms with Gasteiger partial charge in [0.25, 0.3) is 0 Å². The van der Waals surface area contributed by atoms with Crippen LogP contribution in [0, 0.1) is 5.92 Å². The van der Waals surface area contributed by atoms with Crippen LogP contribution in [0.25, 0.3) is 0 Å². The third-order valence-corrected chi connectivity index (χ3v) is 13.2. The molecule has 0 spiro atoms. The Hall–Kier alpha value is -3.34. The van der Waals surface area contributed by atoms with Crippen LogP contribution in [0.5, 0.6) is 0 Å². The van der Waals surface area contributed by atoms with Crippen LogP contribution in [0.15, 0.2) is 164 Å². The Bertz CT molecular complexity index is 1410. The topological polar surface area (TPSA) is 3.24 Å². The molecule has 0 aliphatic carbocycles. The third-order valence-electron chi connectivity index (χ3n) is 7.76. The first kappa shape index (κ1) is 26.9. The van der Waals surface area contributed by atoms with Crippen LogP contribution in [-0.2, 0) is 6.54 Å². The molecule has 1 heterocycles. The molecule has 1 saturated heterocycles. The molecule has 1 aliphatic rings. The largest absolute Gasteiger partial charge is 0.298 e. The molecule has 1 fully saturated rings. The van der Waals surface area contributed by atoms with E-state index in [1.807, 2.05) is 0 Å². The van der Waals surface area contributed by atoms with Gasteiger partial charge < -0.3 is 0 Å². The van der Waals surface area contributed by atoms with E-state index in [1.54, 1.807) is 0 Å². The van der Waals surface area contributed by atoms with Gasteiger partial charge in [0.2, 0.25) is 0 Å². The first-order chi connectivity index (χ1) is 19.8. The second-order valence-electron chi connectivity index (χ2n) is 10.4. The molecule has 0 N–H and O–H groups in total. The van der Waals surface area contributed by atoms with E-state index in [4.69, 9.17) is 6.58 Å². The standard InChI is InChI=1S/C37H35NP2/c1-30(39(32-19-9-3-10-20-32)33-21-11-4-12-22-33)36-28-38(27-31-17-7-2-8-18-31)29-37(36)40(34-23-13-5-14-24-34)35-25-15-6-16-26-35/h2-26,36-37H,1,27-29H2/t36-,37+/m0/s1. The van der Waals surface area contributed by atoms with Crippen molar-refractivity contribution in [1.29, 1.82) is 0 Å². The number of hydrogen-bond acceptors (Lipinski definition) is 1. The average Bonchev–Trinajstić information content (AvgIpc) is 3.43. The highest BCUT2D eigenvalue weighted by Gasteiger charge is 2.42. The molecule has 3 heteroatoms. The van der Waals surface area contributed by atoms with Crippen LogP contribution in [0.4, 0.5) is 0 Å². The predicted molar refractivity (Wildman–Crippen MR) is 176 cm³/mol. The van der Waals surface area contributed by atoms with E-state index in [0.717, 1.165) is 19.6 Å². The molecule has 0 unspecified atom stereocenters. The van der Waals surface area contributed by atoms with Gasteiger partial charge in [-0.2, -0.15) is 0 Å². The van der Waals surface area contributed by atoms with Crippen molar-refractivity contribution in [2.45, 2.75) is 12.2 Å². The predicted octanol–water partition coefficient (Wildman–Crippen LogP) is 7.27. The maximum Gasteiger partial charge on any atom is 0.0234 e. The lowest BCUT2D eigenvalue weighted by atomic mass is 10.1. The lowest BCUT2D eigenvalue weighted by molar-refractivity contribution is 0.324. The molecular weight excluding hydrogens is 520 g/mol. The highest BCUT2D eigenvalue weighted by Crippen LogP contribution is 2.55. The fourth-order valence-corrected chi connectivity index (χ4v) is 11.6. The van der Waals surface area contributed by atoms with E-state index in [1.165, 1.54) is 32.1 Å². The Morgan fingerprint density at radius 2 is 0.950 bits per heavy atom. The van der Waals surface area contributed by atoms with Crippen molar-refractivity contribution >= 4 is 37.1 Å². The summed E-state index contributed by atoms with van der Waals surface area (Å²) in [6.45, 7) is 8.05. The summed E-state index contributed by atoms with van der Waals surface area (Å²) in [7, 11) is -1.28. The van der Waals surface area contributed by atoms with Gasteiger partial charge >= 0.3 is 0 Å². The van der Waals surface area contributed by atoms with Crippen molar-refractivity contribution in [2.24, 2.45) is 5.92 Å². The normalized spacial score (nSPS) is 17.4. The summed E-state index contributed by atoms with van der Waals surface area (Å²) in [5.41, 5.74) is 1.86. The van der Waals surface area contributed by atoms with Crippen LogP contribution in [0.3, 0.4) is 0 Å². The molecule has 2 atom stereocenters. The number of benzene rings is 5. The Morgan fingerprint density at radius 3 is 1.40 bits per heavy atom. The molecule has 1 aliphatic heterocycles. The molecular formula is C37H35NP2. The van der Waals surface area contributed by atoms with Gasteiger partial charge in [0.05, 0.1) is 0 Å². The second kappa shape index (κ2) is 12.9. The molecule has 6 rings (SSSR count). The van der Waals surface area contributed by atoms with E-state index < -0.39 is 15.8 Å². The molecule has 1 nitrogen and oxygen atoms in total. The minimum absolute atomic E-state index is 0.391. The monoisotopic (exact) mass is 555 g/mol. The summed E-state index contributed by atoms with van der Waals surface area (Å²) in [6.07, 6.45) is 0. The maximum atomic E-state index is 4.96. The molecule has 0 aromatic heterocycles. The van der Waals surface area contributed by atoms with E-state index >= 15 is 0 Å². The fraction of sp³-hybridized carbons (Fsp3) is 0.135. The molecule has 0 bridgehead atoms.